The zero-order valence-electron chi connectivity index (χ0n) is 11.3. The van der Waals surface area contributed by atoms with E-state index < -0.39 is 0 Å². The quantitative estimate of drug-likeness (QED) is 0.421. The van der Waals surface area contributed by atoms with Crippen LogP contribution < -0.4 is 5.32 Å². The molecule has 0 saturated heterocycles. The van der Waals surface area contributed by atoms with Crippen LogP contribution >= 0.6 is 11.8 Å². The number of nitrogens with one attached hydrogen (secondary N) is 1. The minimum absolute atomic E-state index is 0.191. The van der Waals surface area contributed by atoms with Gasteiger partial charge in [-0.25, -0.2) is 4.98 Å². The summed E-state index contributed by atoms with van der Waals surface area (Å²) in [5.41, 5.74) is 1.13. The average Bonchev–Trinajstić information content (AvgIpc) is 2.44. The Labute approximate surface area is 118 Å². The number of methoxy groups -OCH3 is 2. The molecule has 0 aromatic carbocycles. The monoisotopic (exact) mass is 284 g/mol. The Morgan fingerprint density at radius 3 is 3.05 bits per heavy atom. The number of rotatable bonds is 9. The van der Waals surface area contributed by atoms with Crippen molar-refractivity contribution in [2.45, 2.75) is 18.0 Å². The maximum absolute atomic E-state index is 11.0. The van der Waals surface area contributed by atoms with Crippen LogP contribution in [0.25, 0.3) is 0 Å². The van der Waals surface area contributed by atoms with Gasteiger partial charge in [-0.1, -0.05) is 6.07 Å². The van der Waals surface area contributed by atoms with Crippen molar-refractivity contribution in [2.75, 3.05) is 33.1 Å². The van der Waals surface area contributed by atoms with Crippen LogP contribution in [0.1, 0.15) is 12.0 Å². The predicted octanol–water partition coefficient (Wildman–Crippen LogP) is 1.47. The third-order valence-corrected chi connectivity index (χ3v) is 3.47. The summed E-state index contributed by atoms with van der Waals surface area (Å²) in [5.74, 6) is 0.484. The molecular formula is C13H20N2O3S. The van der Waals surface area contributed by atoms with Gasteiger partial charge in [0, 0.05) is 32.1 Å². The molecule has 19 heavy (non-hydrogen) atoms. The SMILES string of the molecule is COCCNCc1cccnc1SCCC(=O)OC. The Balaban J connectivity index is 2.41. The van der Waals surface area contributed by atoms with Gasteiger partial charge in [-0.3, -0.25) is 4.79 Å². The number of pyridine rings is 1. The highest BCUT2D eigenvalue weighted by molar-refractivity contribution is 7.99. The highest BCUT2D eigenvalue weighted by atomic mass is 32.2. The van der Waals surface area contributed by atoms with Crippen molar-refractivity contribution in [1.29, 1.82) is 0 Å². The fourth-order valence-corrected chi connectivity index (χ4v) is 2.34. The zero-order chi connectivity index (χ0) is 13.9. The number of nitrogens with zero attached hydrogens (tertiary/aromatic N) is 1. The first-order chi connectivity index (χ1) is 9.27. The van der Waals surface area contributed by atoms with E-state index in [1.165, 1.54) is 7.11 Å². The van der Waals surface area contributed by atoms with Crippen molar-refractivity contribution in [2.24, 2.45) is 0 Å². The van der Waals surface area contributed by atoms with E-state index in [9.17, 15) is 4.79 Å². The summed E-state index contributed by atoms with van der Waals surface area (Å²) in [6.45, 7) is 2.24. The van der Waals surface area contributed by atoms with Crippen molar-refractivity contribution < 1.29 is 14.3 Å². The molecule has 0 aliphatic rings. The summed E-state index contributed by atoms with van der Waals surface area (Å²) in [6, 6.07) is 3.95. The largest absolute Gasteiger partial charge is 0.469 e. The van der Waals surface area contributed by atoms with Gasteiger partial charge in [0.05, 0.1) is 20.1 Å². The number of hydrogen-bond donors (Lipinski definition) is 1. The lowest BCUT2D eigenvalue weighted by atomic mass is 10.3. The standard InChI is InChI=1S/C13H20N2O3S/c1-17-8-7-14-10-11-4-3-6-15-13(11)19-9-5-12(16)18-2/h3-4,6,14H,5,7-10H2,1-2H3. The Morgan fingerprint density at radius 2 is 2.32 bits per heavy atom. The van der Waals surface area contributed by atoms with Gasteiger partial charge in [-0.05, 0) is 11.6 Å². The normalized spacial score (nSPS) is 10.4. The lowest BCUT2D eigenvalue weighted by Gasteiger charge is -2.08. The summed E-state index contributed by atoms with van der Waals surface area (Å²) in [5, 5.41) is 4.24. The van der Waals surface area contributed by atoms with E-state index in [1.807, 2.05) is 12.1 Å². The highest BCUT2D eigenvalue weighted by Gasteiger charge is 2.06. The van der Waals surface area contributed by atoms with Crippen LogP contribution in [-0.2, 0) is 20.8 Å². The van der Waals surface area contributed by atoms with Gasteiger partial charge in [-0.2, -0.15) is 0 Å². The topological polar surface area (TPSA) is 60.5 Å². The molecular weight excluding hydrogens is 264 g/mol. The third-order valence-electron chi connectivity index (χ3n) is 2.42. The van der Waals surface area contributed by atoms with Crippen LogP contribution in [0.4, 0.5) is 0 Å². The minimum Gasteiger partial charge on any atom is -0.469 e. The second kappa shape index (κ2) is 9.77. The number of ether oxygens (including phenoxy) is 2. The average molecular weight is 284 g/mol. The van der Waals surface area contributed by atoms with Gasteiger partial charge in [-0.15, -0.1) is 11.8 Å². The molecule has 0 atom stereocenters. The fraction of sp³-hybridized carbons (Fsp3) is 0.538. The molecule has 1 N–H and O–H groups in total. The molecule has 6 heteroatoms. The van der Waals surface area contributed by atoms with Gasteiger partial charge in [0.15, 0.2) is 0 Å². The van der Waals surface area contributed by atoms with Crippen molar-refractivity contribution in [3.63, 3.8) is 0 Å². The Morgan fingerprint density at radius 1 is 1.47 bits per heavy atom. The lowest BCUT2D eigenvalue weighted by molar-refractivity contribution is -0.140. The smallest absolute Gasteiger partial charge is 0.306 e. The van der Waals surface area contributed by atoms with Crippen molar-refractivity contribution in [3.8, 4) is 0 Å². The summed E-state index contributed by atoms with van der Waals surface area (Å²) in [4.78, 5) is 15.4. The number of carbonyl (C=O) groups excluding carboxylic acids is 1. The van der Waals surface area contributed by atoms with Crippen LogP contribution in [0.2, 0.25) is 0 Å². The number of esters is 1. The van der Waals surface area contributed by atoms with Crippen LogP contribution in [0, 0.1) is 0 Å². The van der Waals surface area contributed by atoms with E-state index in [0.717, 1.165) is 23.7 Å². The van der Waals surface area contributed by atoms with Crippen molar-refractivity contribution in [1.82, 2.24) is 10.3 Å². The first kappa shape index (κ1) is 15.9. The first-order valence-electron chi connectivity index (χ1n) is 6.11. The maximum atomic E-state index is 11.0. The van der Waals surface area contributed by atoms with E-state index in [-0.39, 0.29) is 5.97 Å². The van der Waals surface area contributed by atoms with Crippen LogP contribution in [0.15, 0.2) is 23.4 Å². The van der Waals surface area contributed by atoms with Gasteiger partial charge in [0.25, 0.3) is 0 Å². The first-order valence-corrected chi connectivity index (χ1v) is 7.09. The van der Waals surface area contributed by atoms with E-state index in [1.54, 1.807) is 25.1 Å². The molecule has 0 spiro atoms. The molecule has 0 saturated carbocycles. The van der Waals surface area contributed by atoms with E-state index in [2.05, 4.69) is 15.0 Å². The number of carbonyl (C=O) groups is 1. The van der Waals surface area contributed by atoms with Crippen LogP contribution in [-0.4, -0.2) is 44.1 Å². The summed E-state index contributed by atoms with van der Waals surface area (Å²) in [6.07, 6.45) is 2.16. The van der Waals surface area contributed by atoms with E-state index in [4.69, 9.17) is 4.74 Å². The maximum Gasteiger partial charge on any atom is 0.306 e. The third kappa shape index (κ3) is 6.56. The molecule has 0 bridgehead atoms. The minimum atomic E-state index is -0.191. The summed E-state index contributed by atoms with van der Waals surface area (Å²) >= 11 is 1.57. The molecule has 1 aromatic heterocycles. The predicted molar refractivity (Wildman–Crippen MR) is 75.2 cm³/mol. The van der Waals surface area contributed by atoms with Crippen molar-refractivity contribution in [3.05, 3.63) is 23.9 Å². The molecule has 1 rings (SSSR count). The number of thioether (sulfide) groups is 1. The molecule has 0 amide bonds. The highest BCUT2D eigenvalue weighted by Crippen LogP contribution is 2.20. The second-order valence-corrected chi connectivity index (χ2v) is 4.90. The molecule has 1 aromatic rings. The zero-order valence-corrected chi connectivity index (χ0v) is 12.2. The molecule has 1 heterocycles. The Hall–Kier alpha value is -1.11. The molecule has 0 radical (unpaired) electrons. The molecule has 0 aliphatic heterocycles. The van der Waals surface area contributed by atoms with Gasteiger partial charge in [0.1, 0.15) is 5.03 Å². The molecule has 0 unspecified atom stereocenters. The molecule has 5 nitrogen and oxygen atoms in total. The summed E-state index contributed by atoms with van der Waals surface area (Å²) in [7, 11) is 3.08. The molecule has 0 fully saturated rings. The second-order valence-electron chi connectivity index (χ2n) is 3.81. The number of hydrogen-bond acceptors (Lipinski definition) is 6. The lowest BCUT2D eigenvalue weighted by Crippen LogP contribution is -2.19. The van der Waals surface area contributed by atoms with E-state index in [0.29, 0.717) is 18.8 Å². The van der Waals surface area contributed by atoms with E-state index >= 15 is 0 Å². The molecule has 0 aliphatic carbocycles. The van der Waals surface area contributed by atoms with Gasteiger partial charge < -0.3 is 14.8 Å². The fourth-order valence-electron chi connectivity index (χ4n) is 1.42. The van der Waals surface area contributed by atoms with Crippen molar-refractivity contribution >= 4 is 17.7 Å². The van der Waals surface area contributed by atoms with Gasteiger partial charge in [0.2, 0.25) is 0 Å². The molecule has 106 valence electrons. The van der Waals surface area contributed by atoms with Gasteiger partial charge >= 0.3 is 5.97 Å². The number of aromatic nitrogens is 1. The Kier molecular flexibility index (Phi) is 8.20. The van der Waals surface area contributed by atoms with Crippen LogP contribution in [0.3, 0.4) is 0 Å². The Bertz CT molecular complexity index is 388. The summed E-state index contributed by atoms with van der Waals surface area (Å²) < 4.78 is 9.59. The van der Waals surface area contributed by atoms with Crippen LogP contribution in [0.5, 0.6) is 0 Å².